The van der Waals surface area contributed by atoms with Crippen molar-refractivity contribution >= 4 is 46.6 Å². The fourth-order valence-electron chi connectivity index (χ4n) is 3.90. The maximum atomic E-state index is 12.7. The van der Waals surface area contributed by atoms with E-state index in [1.807, 2.05) is 13.0 Å². The van der Waals surface area contributed by atoms with Gasteiger partial charge in [0.1, 0.15) is 17.8 Å². The van der Waals surface area contributed by atoms with Crippen LogP contribution in [0.15, 0.2) is 43.0 Å². The van der Waals surface area contributed by atoms with Crippen molar-refractivity contribution in [2.24, 2.45) is 0 Å². The number of thioether (sulfide) groups is 1. The average Bonchev–Trinajstić information content (AvgIpc) is 3.42. The van der Waals surface area contributed by atoms with Gasteiger partial charge in [-0.1, -0.05) is 25.1 Å². The minimum absolute atomic E-state index is 0.0863. The number of anilines is 1. The highest BCUT2D eigenvalue weighted by Gasteiger charge is 2.47. The maximum Gasteiger partial charge on any atom is 0.303 e. The summed E-state index contributed by atoms with van der Waals surface area (Å²) in [5.74, 6) is -0.345. The lowest BCUT2D eigenvalue weighted by Crippen LogP contribution is -2.40. The molecule has 12 heteroatoms. The Morgan fingerprint density at radius 3 is 2.57 bits per heavy atom. The zero-order valence-electron chi connectivity index (χ0n) is 19.4. The first-order valence-corrected chi connectivity index (χ1v) is 12.1. The SMILES string of the molecule is CCSC(C1OCC(OC(C)=O)C1OC(C)=O)n1cnc2c(NC(=O)c3ccccc3)ncnc21. The molecule has 4 unspecified atom stereocenters. The van der Waals surface area contributed by atoms with Crippen LogP contribution in [0.5, 0.6) is 0 Å². The summed E-state index contributed by atoms with van der Waals surface area (Å²) >= 11 is 1.53. The average molecular weight is 500 g/mol. The number of carbonyl (C=O) groups is 3. The van der Waals surface area contributed by atoms with E-state index in [1.54, 1.807) is 35.2 Å². The van der Waals surface area contributed by atoms with Gasteiger partial charge in [0.05, 0.1) is 12.9 Å². The number of ether oxygens (including phenoxy) is 3. The van der Waals surface area contributed by atoms with E-state index in [9.17, 15) is 14.4 Å². The number of fused-ring (bicyclic) bond motifs is 1. The lowest BCUT2D eigenvalue weighted by atomic mass is 10.1. The topological polar surface area (TPSA) is 135 Å². The number of rotatable bonds is 8. The first-order chi connectivity index (χ1) is 16.9. The van der Waals surface area contributed by atoms with Gasteiger partial charge in [0.25, 0.3) is 5.91 Å². The third-order valence-corrected chi connectivity index (χ3v) is 6.45. The molecule has 0 aliphatic carbocycles. The number of nitrogens with one attached hydrogen (secondary N) is 1. The van der Waals surface area contributed by atoms with Gasteiger partial charge in [-0.2, -0.15) is 0 Å². The normalized spacial score (nSPS) is 20.4. The van der Waals surface area contributed by atoms with Gasteiger partial charge in [0.2, 0.25) is 0 Å². The third-order valence-electron chi connectivity index (χ3n) is 5.28. The molecular formula is C23H25N5O6S. The summed E-state index contributed by atoms with van der Waals surface area (Å²) in [6.45, 7) is 4.66. The number of aromatic nitrogens is 4. The summed E-state index contributed by atoms with van der Waals surface area (Å²) in [6, 6.07) is 8.78. The van der Waals surface area contributed by atoms with Gasteiger partial charge in [-0.3, -0.25) is 19.0 Å². The highest BCUT2D eigenvalue weighted by atomic mass is 32.2. The first-order valence-electron chi connectivity index (χ1n) is 11.0. The second-order valence-electron chi connectivity index (χ2n) is 7.73. The number of benzene rings is 1. The summed E-state index contributed by atoms with van der Waals surface area (Å²) in [4.78, 5) is 49.1. The van der Waals surface area contributed by atoms with Crippen molar-refractivity contribution in [1.29, 1.82) is 0 Å². The van der Waals surface area contributed by atoms with Crippen molar-refractivity contribution < 1.29 is 28.6 Å². The molecule has 4 rings (SSSR count). The van der Waals surface area contributed by atoms with Crippen LogP contribution in [0, 0.1) is 0 Å². The van der Waals surface area contributed by atoms with Crippen LogP contribution < -0.4 is 5.32 Å². The first kappa shape index (κ1) is 24.6. The van der Waals surface area contributed by atoms with Gasteiger partial charge >= 0.3 is 11.9 Å². The number of esters is 2. The van der Waals surface area contributed by atoms with Gasteiger partial charge < -0.3 is 19.5 Å². The second kappa shape index (κ2) is 10.8. The summed E-state index contributed by atoms with van der Waals surface area (Å²) in [7, 11) is 0. The van der Waals surface area contributed by atoms with E-state index in [0.29, 0.717) is 22.5 Å². The zero-order chi connectivity index (χ0) is 24.9. The molecule has 35 heavy (non-hydrogen) atoms. The summed E-state index contributed by atoms with van der Waals surface area (Å²) in [5.41, 5.74) is 1.35. The Kier molecular flexibility index (Phi) is 7.61. The van der Waals surface area contributed by atoms with Crippen molar-refractivity contribution in [2.45, 2.75) is 44.5 Å². The molecule has 11 nitrogen and oxygen atoms in total. The van der Waals surface area contributed by atoms with Crippen molar-refractivity contribution in [3.8, 4) is 0 Å². The quantitative estimate of drug-likeness (QED) is 0.461. The van der Waals surface area contributed by atoms with Crippen molar-refractivity contribution in [2.75, 3.05) is 17.7 Å². The summed E-state index contributed by atoms with van der Waals surface area (Å²) in [6.07, 6.45) is 0.750. The Balaban J connectivity index is 1.66. The van der Waals surface area contributed by atoms with E-state index in [0.717, 1.165) is 0 Å². The molecule has 1 aromatic carbocycles. The van der Waals surface area contributed by atoms with Crippen LogP contribution >= 0.6 is 11.8 Å². The molecule has 0 radical (unpaired) electrons. The monoisotopic (exact) mass is 499 g/mol. The third kappa shape index (κ3) is 5.43. The Morgan fingerprint density at radius 1 is 1.14 bits per heavy atom. The van der Waals surface area contributed by atoms with Crippen molar-refractivity contribution in [3.05, 3.63) is 48.5 Å². The second-order valence-corrected chi connectivity index (χ2v) is 9.13. The van der Waals surface area contributed by atoms with Gasteiger partial charge in [-0.05, 0) is 17.9 Å². The highest BCUT2D eigenvalue weighted by molar-refractivity contribution is 7.99. The molecular weight excluding hydrogens is 474 g/mol. The lowest BCUT2D eigenvalue weighted by molar-refractivity contribution is -0.163. The smallest absolute Gasteiger partial charge is 0.303 e. The van der Waals surface area contributed by atoms with E-state index in [-0.39, 0.29) is 18.3 Å². The minimum atomic E-state index is -0.808. The van der Waals surface area contributed by atoms with E-state index in [2.05, 4.69) is 20.3 Å². The molecule has 1 amide bonds. The molecule has 0 bridgehead atoms. The Bertz CT molecular complexity index is 1220. The standard InChI is InChI=1S/C23H25N5O6S/c1-4-35-23(19-18(34-14(3)30)16(10-32-19)33-13(2)29)28-12-26-17-20(24-11-25-21(17)28)27-22(31)15-8-6-5-7-9-15/h5-9,11-12,16,18-19,23H,4,10H2,1-3H3,(H,24,25,27,31). The largest absolute Gasteiger partial charge is 0.456 e. The molecule has 1 N–H and O–H groups in total. The molecule has 3 aromatic rings. The van der Waals surface area contributed by atoms with Crippen LogP contribution in [-0.4, -0.2) is 68.0 Å². The van der Waals surface area contributed by atoms with Crippen molar-refractivity contribution in [1.82, 2.24) is 19.5 Å². The molecule has 1 aliphatic heterocycles. The van der Waals surface area contributed by atoms with Gasteiger partial charge in [-0.25, -0.2) is 15.0 Å². The molecule has 0 spiro atoms. The van der Waals surface area contributed by atoms with Crippen LogP contribution in [0.4, 0.5) is 5.82 Å². The van der Waals surface area contributed by atoms with Crippen LogP contribution in [0.2, 0.25) is 0 Å². The lowest BCUT2D eigenvalue weighted by Gasteiger charge is -2.29. The number of nitrogens with zero attached hydrogens (tertiary/aromatic N) is 4. The Hall–Kier alpha value is -3.51. The molecule has 1 aliphatic rings. The van der Waals surface area contributed by atoms with Crippen LogP contribution in [-0.2, 0) is 23.8 Å². The number of amides is 1. The maximum absolute atomic E-state index is 12.7. The predicted octanol–water partition coefficient (Wildman–Crippen LogP) is 2.59. The molecule has 4 atom stereocenters. The van der Waals surface area contributed by atoms with E-state index in [4.69, 9.17) is 14.2 Å². The zero-order valence-corrected chi connectivity index (χ0v) is 20.2. The fourth-order valence-corrected chi connectivity index (χ4v) is 4.98. The number of hydrogen-bond acceptors (Lipinski definition) is 10. The van der Waals surface area contributed by atoms with Gasteiger partial charge in [-0.15, -0.1) is 11.8 Å². The van der Waals surface area contributed by atoms with Gasteiger partial charge in [0.15, 0.2) is 29.2 Å². The minimum Gasteiger partial charge on any atom is -0.456 e. The van der Waals surface area contributed by atoms with Crippen molar-refractivity contribution in [3.63, 3.8) is 0 Å². The predicted molar refractivity (Wildman–Crippen MR) is 128 cm³/mol. The molecule has 184 valence electrons. The molecule has 0 saturated carbocycles. The molecule has 2 aromatic heterocycles. The molecule has 1 saturated heterocycles. The number of carbonyl (C=O) groups excluding carboxylic acids is 3. The summed E-state index contributed by atoms with van der Waals surface area (Å²) in [5, 5.41) is 2.37. The van der Waals surface area contributed by atoms with E-state index >= 15 is 0 Å². The number of hydrogen-bond donors (Lipinski definition) is 1. The highest BCUT2D eigenvalue weighted by Crippen LogP contribution is 2.38. The Morgan fingerprint density at radius 2 is 1.89 bits per heavy atom. The van der Waals surface area contributed by atoms with Crippen LogP contribution in [0.3, 0.4) is 0 Å². The summed E-state index contributed by atoms with van der Waals surface area (Å²) < 4.78 is 18.6. The van der Waals surface area contributed by atoms with E-state index < -0.39 is 35.6 Å². The molecule has 1 fully saturated rings. The number of imidazole rings is 1. The molecule has 3 heterocycles. The van der Waals surface area contributed by atoms with Crippen LogP contribution in [0.1, 0.15) is 36.5 Å². The van der Waals surface area contributed by atoms with Crippen LogP contribution in [0.25, 0.3) is 11.2 Å². The Labute approximate surface area is 205 Å². The van der Waals surface area contributed by atoms with E-state index in [1.165, 1.54) is 31.9 Å². The van der Waals surface area contributed by atoms with Gasteiger partial charge in [0, 0.05) is 19.4 Å². The fraction of sp³-hybridized carbons (Fsp3) is 0.391.